The molecular weight excluding hydrogens is 519 g/mol. The molecule has 4 atom stereocenters. The number of hydrogen-bond donors (Lipinski definition) is 4. The Labute approximate surface area is 222 Å². The quantitative estimate of drug-likeness (QED) is 0.254. The van der Waals surface area contributed by atoms with Gasteiger partial charge in [0.1, 0.15) is 10.1 Å². The van der Waals surface area contributed by atoms with Crippen molar-refractivity contribution in [2.24, 2.45) is 11.8 Å². The van der Waals surface area contributed by atoms with Crippen LogP contribution in [0.1, 0.15) is 59.4 Å². The minimum absolute atomic E-state index is 0. The number of carbonyl (C=O) groups is 1. The zero-order valence-electron chi connectivity index (χ0n) is 23.4. The predicted molar refractivity (Wildman–Crippen MR) is 146 cm³/mol. The smallest absolute Gasteiger partial charge is 0.217 e. The van der Waals surface area contributed by atoms with Gasteiger partial charge in [-0.2, -0.15) is 0 Å². The van der Waals surface area contributed by atoms with Crippen molar-refractivity contribution in [2.75, 3.05) is 13.1 Å². The zero-order valence-corrected chi connectivity index (χ0v) is 25.1. The fourth-order valence-electron chi connectivity index (χ4n) is 4.45. The van der Waals surface area contributed by atoms with Gasteiger partial charge in [-0.05, 0) is 68.6 Å². The van der Waals surface area contributed by atoms with Crippen LogP contribution in [0, 0.1) is 18.8 Å². The molecule has 13 heteroatoms. The van der Waals surface area contributed by atoms with E-state index in [1.807, 2.05) is 20.8 Å². The molecule has 10 N–H and O–H groups in total. The Morgan fingerprint density at radius 3 is 2.08 bits per heavy atom. The molecule has 1 aromatic carbocycles. The molecule has 1 aliphatic carbocycles. The lowest BCUT2D eigenvalue weighted by atomic mass is 9.79. The Bertz CT molecular complexity index is 1010. The molecule has 0 radical (unpaired) electrons. The van der Waals surface area contributed by atoms with E-state index in [9.17, 15) is 32.1 Å². The molecule has 37 heavy (non-hydrogen) atoms. The fourth-order valence-corrected chi connectivity index (χ4v) is 5.67. The van der Waals surface area contributed by atoms with Gasteiger partial charge >= 0.3 is 0 Å². The SMILES string of the molecule is CCN(CC)[C@@H]1CC(P(=O)([O-])O)=CC[C@@H]1[C@H](CC(C)C)NC(C)=O.Cc1ccc(S(=O)(=O)[O-])cc1.[NH4+].[NH4+]. The minimum atomic E-state index is -4.45. The Morgan fingerprint density at radius 2 is 1.70 bits per heavy atom. The van der Waals surface area contributed by atoms with E-state index in [1.165, 1.54) is 19.1 Å². The molecule has 1 aromatic rings. The second kappa shape index (κ2) is 16.4. The molecular formula is C24H47N4O7PS. The third kappa shape index (κ3) is 12.6. The Morgan fingerprint density at radius 1 is 1.19 bits per heavy atom. The van der Waals surface area contributed by atoms with Gasteiger partial charge in [0.25, 0.3) is 0 Å². The molecule has 216 valence electrons. The van der Waals surface area contributed by atoms with Crippen LogP contribution in [0.5, 0.6) is 0 Å². The van der Waals surface area contributed by atoms with Gasteiger partial charge in [-0.1, -0.05) is 51.5 Å². The second-order valence-electron chi connectivity index (χ2n) is 9.31. The van der Waals surface area contributed by atoms with Crippen molar-refractivity contribution >= 4 is 23.6 Å². The summed E-state index contributed by atoms with van der Waals surface area (Å²) in [6, 6.07) is 5.77. The number of amides is 1. The maximum atomic E-state index is 11.6. The molecule has 0 saturated heterocycles. The molecule has 0 aliphatic heterocycles. The van der Waals surface area contributed by atoms with E-state index in [2.05, 4.69) is 24.1 Å². The third-order valence-corrected chi connectivity index (χ3v) is 8.06. The summed E-state index contributed by atoms with van der Waals surface area (Å²) in [6.45, 7) is 13.3. The largest absolute Gasteiger partial charge is 0.775 e. The molecule has 0 spiro atoms. The summed E-state index contributed by atoms with van der Waals surface area (Å²) in [4.78, 5) is 34.7. The first-order valence-electron chi connectivity index (χ1n) is 11.9. The molecule has 1 unspecified atom stereocenters. The van der Waals surface area contributed by atoms with Crippen molar-refractivity contribution in [3.63, 3.8) is 0 Å². The molecule has 0 aromatic heterocycles. The lowest BCUT2D eigenvalue weighted by Gasteiger charge is -2.44. The van der Waals surface area contributed by atoms with Crippen molar-refractivity contribution < 1.29 is 32.1 Å². The standard InChI is InChI=1S/C17H33N2O4P.C7H8O3S.2H3N/c1-6-19(7-2)17-11-14(24(21,22)23)8-9-15(17)16(10-12(3)4)18-13(5)20;1-6-2-4-7(5-3-6)11(8,9)10;;/h8,12,15-17H,6-7,9-11H2,1-5H3,(H,18,20)(H2,21,22,23);2-5H,1H3,(H,8,9,10);2*1H3/t15-,16+,17-;;;/m1.../s1. The van der Waals surface area contributed by atoms with Gasteiger partial charge in [0.2, 0.25) is 5.91 Å². The number of allylic oxidation sites excluding steroid dienone is 1. The van der Waals surface area contributed by atoms with Crippen molar-refractivity contribution in [2.45, 2.75) is 77.8 Å². The van der Waals surface area contributed by atoms with Crippen LogP contribution in [-0.2, 0) is 19.5 Å². The van der Waals surface area contributed by atoms with Crippen LogP contribution in [0.25, 0.3) is 0 Å². The molecule has 1 amide bonds. The maximum Gasteiger partial charge on any atom is 0.217 e. The lowest BCUT2D eigenvalue weighted by molar-refractivity contribution is -0.191. The molecule has 2 rings (SSSR count). The first-order valence-corrected chi connectivity index (χ1v) is 14.9. The Balaban J connectivity index is 0. The van der Waals surface area contributed by atoms with Crippen LogP contribution in [-0.4, -0.2) is 53.8 Å². The number of nitrogens with one attached hydrogen (secondary N) is 1. The topological polar surface area (TPSA) is 223 Å². The maximum absolute atomic E-state index is 11.6. The van der Waals surface area contributed by atoms with Crippen molar-refractivity contribution in [1.82, 2.24) is 22.5 Å². The summed E-state index contributed by atoms with van der Waals surface area (Å²) in [7, 11) is -8.72. The predicted octanol–water partition coefficient (Wildman–Crippen LogP) is 3.74. The van der Waals surface area contributed by atoms with E-state index in [1.54, 1.807) is 18.2 Å². The average molecular weight is 567 g/mol. The highest BCUT2D eigenvalue weighted by atomic mass is 32.2. The highest BCUT2D eigenvalue weighted by molar-refractivity contribution is 7.85. The monoisotopic (exact) mass is 566 g/mol. The number of carbonyl (C=O) groups excluding carboxylic acids is 1. The molecule has 11 nitrogen and oxygen atoms in total. The number of benzene rings is 1. The number of rotatable bonds is 9. The molecule has 0 fully saturated rings. The summed E-state index contributed by atoms with van der Waals surface area (Å²) >= 11 is 0. The lowest BCUT2D eigenvalue weighted by Crippen LogP contribution is -2.51. The van der Waals surface area contributed by atoms with E-state index >= 15 is 0 Å². The van der Waals surface area contributed by atoms with Gasteiger partial charge in [-0.25, -0.2) is 8.42 Å². The number of quaternary nitrogens is 2. The second-order valence-corrected chi connectivity index (χ2v) is 12.3. The van der Waals surface area contributed by atoms with Gasteiger partial charge in [-0.3, -0.25) is 4.79 Å². The van der Waals surface area contributed by atoms with Crippen LogP contribution >= 0.6 is 7.60 Å². The average Bonchev–Trinajstić information content (AvgIpc) is 2.73. The Hall–Kier alpha value is -1.63. The minimum Gasteiger partial charge on any atom is -0.775 e. The van der Waals surface area contributed by atoms with E-state index in [4.69, 9.17) is 0 Å². The van der Waals surface area contributed by atoms with Gasteiger partial charge < -0.3 is 41.4 Å². The zero-order chi connectivity index (χ0) is 27.0. The van der Waals surface area contributed by atoms with Crippen LogP contribution in [0.4, 0.5) is 0 Å². The summed E-state index contributed by atoms with van der Waals surface area (Å²) in [5.74, 6) is 0.491. The van der Waals surface area contributed by atoms with Crippen LogP contribution in [0.3, 0.4) is 0 Å². The normalized spacial score (nSPS) is 19.8. The summed E-state index contributed by atoms with van der Waals surface area (Å²) in [6.07, 6.45) is 3.33. The Kier molecular flexibility index (Phi) is 16.6. The summed E-state index contributed by atoms with van der Waals surface area (Å²) in [5.41, 5.74) is 0.928. The van der Waals surface area contributed by atoms with Crippen LogP contribution in [0.15, 0.2) is 40.6 Å². The third-order valence-electron chi connectivity index (χ3n) is 6.12. The number of hydrogen-bond acceptors (Lipinski definition) is 7. The van der Waals surface area contributed by atoms with Crippen molar-refractivity contribution in [3.8, 4) is 0 Å². The van der Waals surface area contributed by atoms with E-state index in [-0.39, 0.29) is 46.4 Å². The fraction of sp³-hybridized carbons (Fsp3) is 0.625. The van der Waals surface area contributed by atoms with E-state index in [0.717, 1.165) is 25.1 Å². The van der Waals surface area contributed by atoms with Gasteiger partial charge in [-0.15, -0.1) is 0 Å². The summed E-state index contributed by atoms with van der Waals surface area (Å²) in [5, 5.41) is 3.19. The molecule has 0 bridgehead atoms. The van der Waals surface area contributed by atoms with Gasteiger partial charge in [0, 0.05) is 19.0 Å². The number of aryl methyl sites for hydroxylation is 1. The van der Waals surface area contributed by atoms with Gasteiger partial charge in [0.15, 0.2) is 7.60 Å². The molecule has 0 saturated carbocycles. The van der Waals surface area contributed by atoms with Crippen molar-refractivity contribution in [3.05, 3.63) is 41.2 Å². The molecule has 1 aliphatic rings. The van der Waals surface area contributed by atoms with E-state index < -0.39 is 17.7 Å². The van der Waals surface area contributed by atoms with Crippen LogP contribution < -0.4 is 22.5 Å². The first kappa shape index (κ1) is 37.5. The number of nitrogens with zero attached hydrogens (tertiary/aromatic N) is 1. The van der Waals surface area contributed by atoms with E-state index in [0.29, 0.717) is 18.8 Å². The van der Waals surface area contributed by atoms with Gasteiger partial charge in [0.05, 0.1) is 4.90 Å². The van der Waals surface area contributed by atoms with Crippen LogP contribution in [0.2, 0.25) is 0 Å². The first-order chi connectivity index (χ1) is 16.1. The molecule has 0 heterocycles. The highest BCUT2D eigenvalue weighted by Crippen LogP contribution is 2.48. The summed E-state index contributed by atoms with van der Waals surface area (Å²) < 4.78 is 42.8. The highest BCUT2D eigenvalue weighted by Gasteiger charge is 2.37. The van der Waals surface area contributed by atoms with Crippen molar-refractivity contribution in [1.29, 1.82) is 0 Å².